The quantitative estimate of drug-likeness (QED) is 0.485. The van der Waals surface area contributed by atoms with Gasteiger partial charge in [-0.25, -0.2) is 13.8 Å². The normalized spacial score (nSPS) is 11.5. The summed E-state index contributed by atoms with van der Waals surface area (Å²) in [5.41, 5.74) is 0.795. The molecule has 1 amide bonds. The summed E-state index contributed by atoms with van der Waals surface area (Å²) in [4.78, 5) is 20.6. The molecule has 3 rings (SSSR count). The van der Waals surface area contributed by atoms with Crippen LogP contribution in [0, 0.1) is 11.6 Å². The highest BCUT2D eigenvalue weighted by atomic mass is 32.1. The molecule has 2 aromatic carbocycles. The molecule has 0 bridgehead atoms. The third-order valence-corrected chi connectivity index (χ3v) is 5.52. The Kier molecular flexibility index (Phi) is 7.19. The fourth-order valence-electron chi connectivity index (χ4n) is 2.88. The molecule has 31 heavy (non-hydrogen) atoms. The van der Waals surface area contributed by atoms with Crippen LogP contribution in [0.4, 0.5) is 13.9 Å². The van der Waals surface area contributed by atoms with Gasteiger partial charge >= 0.3 is 0 Å². The molecule has 1 heterocycles. The summed E-state index contributed by atoms with van der Waals surface area (Å²) in [6.45, 7) is 0.911. The van der Waals surface area contributed by atoms with Gasteiger partial charge in [-0.2, -0.15) is 0 Å². The van der Waals surface area contributed by atoms with E-state index < -0.39 is 11.6 Å². The second-order valence-electron chi connectivity index (χ2n) is 6.97. The molecule has 3 aromatic rings. The minimum Gasteiger partial charge on any atom is -0.493 e. The van der Waals surface area contributed by atoms with E-state index in [-0.39, 0.29) is 11.4 Å². The van der Waals surface area contributed by atoms with Crippen molar-refractivity contribution in [3.63, 3.8) is 0 Å². The number of rotatable bonds is 8. The molecular formula is C22H23F2N3O3S. The maximum absolute atomic E-state index is 14.1. The third kappa shape index (κ3) is 5.36. The zero-order chi connectivity index (χ0) is 22.5. The Morgan fingerprint density at radius 3 is 2.52 bits per heavy atom. The van der Waals surface area contributed by atoms with Crippen LogP contribution in [0.5, 0.6) is 11.5 Å². The van der Waals surface area contributed by atoms with Crippen molar-refractivity contribution in [3.8, 4) is 11.5 Å². The predicted molar refractivity (Wildman–Crippen MR) is 119 cm³/mol. The number of likely N-dealkylation sites (N-methyl/N-ethyl adjacent to an activating group) is 1. The van der Waals surface area contributed by atoms with E-state index in [1.165, 1.54) is 24.2 Å². The lowest BCUT2D eigenvalue weighted by molar-refractivity contribution is -0.114. The monoisotopic (exact) mass is 447 g/mol. The van der Waals surface area contributed by atoms with E-state index >= 15 is 0 Å². The maximum atomic E-state index is 14.1. The number of carbonyl (C=O) groups is 1. The van der Waals surface area contributed by atoms with E-state index in [2.05, 4.69) is 4.98 Å². The van der Waals surface area contributed by atoms with Gasteiger partial charge in [-0.05, 0) is 43.9 Å². The van der Waals surface area contributed by atoms with Crippen LogP contribution >= 0.6 is 11.3 Å². The Balaban J connectivity index is 1.90. The number of fused-ring (bicyclic) bond motifs is 1. The molecule has 0 spiro atoms. The lowest BCUT2D eigenvalue weighted by atomic mass is 10.2. The number of carbonyl (C=O) groups excluding carboxylic acids is 1. The van der Waals surface area contributed by atoms with Crippen molar-refractivity contribution in [2.24, 2.45) is 0 Å². The fourth-order valence-corrected chi connectivity index (χ4v) is 3.91. The number of anilines is 1. The van der Waals surface area contributed by atoms with E-state index in [1.54, 1.807) is 31.4 Å². The lowest BCUT2D eigenvalue weighted by Crippen LogP contribution is -2.35. The topological polar surface area (TPSA) is 54.9 Å². The number of nitrogens with zero attached hydrogens (tertiary/aromatic N) is 3. The number of aromatic nitrogens is 1. The summed E-state index contributed by atoms with van der Waals surface area (Å²) in [7, 11) is 6.85. The SMILES string of the molecule is COc1ccc(C=CC(=O)N(CCN(C)C)c2nc3c(F)cc(F)cc3s2)cc1OC. The first-order valence-corrected chi connectivity index (χ1v) is 10.3. The number of methoxy groups -OCH3 is 2. The summed E-state index contributed by atoms with van der Waals surface area (Å²) in [6.07, 6.45) is 3.07. The van der Waals surface area contributed by atoms with Crippen molar-refractivity contribution in [3.05, 3.63) is 53.6 Å². The summed E-state index contributed by atoms with van der Waals surface area (Å²) >= 11 is 1.07. The fraction of sp³-hybridized carbons (Fsp3) is 0.273. The number of ether oxygens (including phenoxy) is 2. The molecule has 0 unspecified atom stereocenters. The van der Waals surface area contributed by atoms with Gasteiger partial charge in [0.05, 0.1) is 18.9 Å². The lowest BCUT2D eigenvalue weighted by Gasteiger charge is -2.20. The molecule has 0 N–H and O–H groups in total. The van der Waals surface area contributed by atoms with Gasteiger partial charge in [-0.1, -0.05) is 17.4 Å². The first-order valence-electron chi connectivity index (χ1n) is 9.44. The van der Waals surface area contributed by atoms with E-state index in [9.17, 15) is 13.6 Å². The van der Waals surface area contributed by atoms with Crippen molar-refractivity contribution in [2.45, 2.75) is 0 Å². The van der Waals surface area contributed by atoms with Crippen LogP contribution in [-0.4, -0.2) is 57.2 Å². The molecule has 9 heteroatoms. The van der Waals surface area contributed by atoms with Crippen molar-refractivity contribution < 1.29 is 23.0 Å². The minimum atomic E-state index is -0.752. The van der Waals surface area contributed by atoms with Crippen LogP contribution in [0.3, 0.4) is 0 Å². The number of halogens is 2. The van der Waals surface area contributed by atoms with Crippen molar-refractivity contribution in [1.29, 1.82) is 0 Å². The molecule has 1 aromatic heterocycles. The standard InChI is InChI=1S/C22H23F2N3O3S/c1-26(2)9-10-27(22-25-21-16(24)12-15(23)13-19(21)31-22)20(28)8-6-14-5-7-17(29-3)18(11-14)30-4/h5-8,11-13H,9-10H2,1-4H3. The zero-order valence-electron chi connectivity index (χ0n) is 17.7. The largest absolute Gasteiger partial charge is 0.493 e. The molecule has 0 aliphatic heterocycles. The van der Waals surface area contributed by atoms with Gasteiger partial charge in [0.1, 0.15) is 11.3 Å². The number of hydrogen-bond acceptors (Lipinski definition) is 6. The summed E-state index contributed by atoms with van der Waals surface area (Å²) < 4.78 is 38.5. The highest BCUT2D eigenvalue weighted by Gasteiger charge is 2.20. The molecule has 0 fully saturated rings. The van der Waals surface area contributed by atoms with Crippen LogP contribution < -0.4 is 14.4 Å². The van der Waals surface area contributed by atoms with Crippen molar-refractivity contribution in [2.75, 3.05) is 46.3 Å². The van der Waals surface area contributed by atoms with E-state index in [4.69, 9.17) is 9.47 Å². The second kappa shape index (κ2) is 9.84. The summed E-state index contributed by atoms with van der Waals surface area (Å²) in [6, 6.07) is 7.30. The Morgan fingerprint density at radius 2 is 1.84 bits per heavy atom. The van der Waals surface area contributed by atoms with E-state index in [1.807, 2.05) is 19.0 Å². The van der Waals surface area contributed by atoms with Gasteiger partial charge in [-0.15, -0.1) is 0 Å². The second-order valence-corrected chi connectivity index (χ2v) is 7.98. The Bertz CT molecular complexity index is 1110. The average Bonchev–Trinajstić information content (AvgIpc) is 3.15. The molecule has 0 saturated carbocycles. The van der Waals surface area contributed by atoms with E-state index in [0.717, 1.165) is 23.0 Å². The molecule has 0 saturated heterocycles. The Hall–Kier alpha value is -3.04. The number of benzene rings is 2. The number of thiazole rings is 1. The summed E-state index contributed by atoms with van der Waals surface area (Å²) in [5, 5.41) is 0.309. The summed E-state index contributed by atoms with van der Waals surface area (Å²) in [5.74, 6) is -0.623. The molecule has 164 valence electrons. The molecular weight excluding hydrogens is 424 g/mol. The van der Waals surface area contributed by atoms with E-state index in [0.29, 0.717) is 34.4 Å². The van der Waals surface area contributed by atoms with Crippen molar-refractivity contribution >= 4 is 38.7 Å². The van der Waals surface area contributed by atoms with Gasteiger partial charge in [0.2, 0.25) is 0 Å². The number of amides is 1. The average molecular weight is 448 g/mol. The molecule has 6 nitrogen and oxygen atoms in total. The molecule has 0 atom stereocenters. The highest BCUT2D eigenvalue weighted by Crippen LogP contribution is 2.32. The van der Waals surface area contributed by atoms with Crippen molar-refractivity contribution in [1.82, 2.24) is 9.88 Å². The van der Waals surface area contributed by atoms with Gasteiger partial charge < -0.3 is 14.4 Å². The molecule has 0 aliphatic rings. The zero-order valence-corrected chi connectivity index (χ0v) is 18.5. The minimum absolute atomic E-state index is 0.0490. The maximum Gasteiger partial charge on any atom is 0.252 e. The van der Waals surface area contributed by atoms with Gasteiger partial charge in [-0.3, -0.25) is 9.69 Å². The van der Waals surface area contributed by atoms with Gasteiger partial charge in [0.25, 0.3) is 5.91 Å². The smallest absolute Gasteiger partial charge is 0.252 e. The van der Waals surface area contributed by atoms with Crippen LogP contribution in [0.25, 0.3) is 16.3 Å². The van der Waals surface area contributed by atoms with Gasteiger partial charge in [0.15, 0.2) is 22.4 Å². The first kappa shape index (κ1) is 22.6. The number of hydrogen-bond donors (Lipinski definition) is 0. The highest BCUT2D eigenvalue weighted by molar-refractivity contribution is 7.22. The van der Waals surface area contributed by atoms with Crippen LogP contribution in [0.1, 0.15) is 5.56 Å². The van der Waals surface area contributed by atoms with Crippen LogP contribution in [0.2, 0.25) is 0 Å². The third-order valence-electron chi connectivity index (χ3n) is 4.50. The predicted octanol–water partition coefficient (Wildman–Crippen LogP) is 4.20. The van der Waals surface area contributed by atoms with Crippen LogP contribution in [0.15, 0.2) is 36.4 Å². The first-order chi connectivity index (χ1) is 14.8. The van der Waals surface area contributed by atoms with Gasteiger partial charge in [0, 0.05) is 25.2 Å². The Morgan fingerprint density at radius 1 is 1.10 bits per heavy atom. The molecule has 0 aliphatic carbocycles. The van der Waals surface area contributed by atoms with Crippen LogP contribution in [-0.2, 0) is 4.79 Å². The molecule has 0 radical (unpaired) electrons. The Labute approximate surface area is 183 Å².